The number of hydrogen-bond donors (Lipinski definition) is 2. The van der Waals surface area contributed by atoms with Crippen LogP contribution in [0, 0.1) is 19.7 Å². The Labute approximate surface area is 160 Å². The van der Waals surface area contributed by atoms with E-state index in [1.807, 2.05) is 39.0 Å². The summed E-state index contributed by atoms with van der Waals surface area (Å²) in [6.07, 6.45) is 2.66. The molecule has 0 fully saturated rings. The SMILES string of the molecule is CCc1nc2cc(F)c(/C=C/C(=O)NO)cc2c(=O)n1-c1cc(C)ccc1C. The largest absolute Gasteiger partial charge is 0.288 e. The van der Waals surface area contributed by atoms with Crippen molar-refractivity contribution in [1.29, 1.82) is 0 Å². The lowest BCUT2D eigenvalue weighted by molar-refractivity contribution is -0.124. The van der Waals surface area contributed by atoms with Crippen LogP contribution in [0.1, 0.15) is 29.4 Å². The molecule has 6 nitrogen and oxygen atoms in total. The van der Waals surface area contributed by atoms with Gasteiger partial charge in [-0.25, -0.2) is 14.9 Å². The van der Waals surface area contributed by atoms with Crippen molar-refractivity contribution in [3.05, 3.63) is 75.1 Å². The van der Waals surface area contributed by atoms with E-state index < -0.39 is 11.7 Å². The fourth-order valence-corrected chi connectivity index (χ4v) is 3.05. The smallest absolute Gasteiger partial charge is 0.267 e. The van der Waals surface area contributed by atoms with Crippen LogP contribution in [0.5, 0.6) is 0 Å². The molecule has 144 valence electrons. The molecule has 0 radical (unpaired) electrons. The molecule has 0 bridgehead atoms. The third-order valence-electron chi connectivity index (χ3n) is 4.50. The monoisotopic (exact) mass is 381 g/mol. The molecule has 28 heavy (non-hydrogen) atoms. The number of amides is 1. The second-order valence-corrected chi connectivity index (χ2v) is 6.51. The highest BCUT2D eigenvalue weighted by Gasteiger charge is 2.15. The number of aromatic nitrogens is 2. The summed E-state index contributed by atoms with van der Waals surface area (Å²) in [6.45, 7) is 5.74. The predicted octanol–water partition coefficient (Wildman–Crippen LogP) is 3.22. The first-order valence-corrected chi connectivity index (χ1v) is 8.80. The van der Waals surface area contributed by atoms with E-state index in [1.54, 1.807) is 4.57 Å². The number of carbonyl (C=O) groups excluding carboxylic acids is 1. The predicted molar refractivity (Wildman–Crippen MR) is 105 cm³/mol. The molecular formula is C21H20FN3O3. The van der Waals surface area contributed by atoms with E-state index in [9.17, 15) is 14.0 Å². The molecule has 0 saturated carbocycles. The summed E-state index contributed by atoms with van der Waals surface area (Å²) in [5.74, 6) is -0.881. The molecule has 0 atom stereocenters. The van der Waals surface area contributed by atoms with E-state index in [4.69, 9.17) is 5.21 Å². The summed E-state index contributed by atoms with van der Waals surface area (Å²) < 4.78 is 15.9. The minimum atomic E-state index is -0.799. The zero-order valence-corrected chi connectivity index (χ0v) is 15.8. The number of nitrogens with one attached hydrogen (secondary N) is 1. The summed E-state index contributed by atoms with van der Waals surface area (Å²) in [6, 6.07) is 8.36. The minimum Gasteiger partial charge on any atom is -0.288 e. The number of hydroxylamine groups is 1. The van der Waals surface area contributed by atoms with E-state index in [0.717, 1.165) is 22.9 Å². The van der Waals surface area contributed by atoms with Gasteiger partial charge in [0.05, 0.1) is 16.6 Å². The molecule has 1 amide bonds. The Kier molecular flexibility index (Phi) is 5.37. The second-order valence-electron chi connectivity index (χ2n) is 6.51. The summed E-state index contributed by atoms with van der Waals surface area (Å²) in [4.78, 5) is 29.0. The third-order valence-corrected chi connectivity index (χ3v) is 4.50. The van der Waals surface area contributed by atoms with Crippen molar-refractivity contribution < 1.29 is 14.4 Å². The van der Waals surface area contributed by atoms with E-state index in [1.165, 1.54) is 23.7 Å². The number of nitrogens with zero attached hydrogens (tertiary/aromatic N) is 2. The van der Waals surface area contributed by atoms with Crippen LogP contribution < -0.4 is 11.0 Å². The first-order valence-electron chi connectivity index (χ1n) is 8.80. The van der Waals surface area contributed by atoms with Crippen LogP contribution in [0.2, 0.25) is 0 Å². The van der Waals surface area contributed by atoms with Gasteiger partial charge in [-0.1, -0.05) is 19.1 Å². The zero-order chi connectivity index (χ0) is 20.4. The number of rotatable bonds is 4. The van der Waals surface area contributed by atoms with Crippen LogP contribution in [-0.2, 0) is 11.2 Å². The van der Waals surface area contributed by atoms with Crippen LogP contribution in [-0.4, -0.2) is 20.7 Å². The lowest BCUT2D eigenvalue weighted by Crippen LogP contribution is -2.24. The minimum absolute atomic E-state index is 0.0479. The Morgan fingerprint density at radius 2 is 2.04 bits per heavy atom. The van der Waals surface area contributed by atoms with Gasteiger partial charge in [0.15, 0.2) is 0 Å². The zero-order valence-electron chi connectivity index (χ0n) is 15.8. The molecule has 3 aromatic rings. The van der Waals surface area contributed by atoms with Crippen molar-refractivity contribution in [2.24, 2.45) is 0 Å². The van der Waals surface area contributed by atoms with E-state index >= 15 is 0 Å². The number of fused-ring (bicyclic) bond motifs is 1. The molecule has 7 heteroatoms. The molecule has 0 unspecified atom stereocenters. The van der Waals surface area contributed by atoms with Gasteiger partial charge in [0, 0.05) is 24.1 Å². The van der Waals surface area contributed by atoms with Crippen LogP contribution in [0.4, 0.5) is 4.39 Å². The molecule has 0 aliphatic carbocycles. The quantitative estimate of drug-likeness (QED) is 0.413. The number of benzene rings is 2. The highest BCUT2D eigenvalue weighted by molar-refractivity contribution is 5.91. The Morgan fingerprint density at radius 1 is 1.29 bits per heavy atom. The Hall–Kier alpha value is -3.32. The fraction of sp³-hybridized carbons (Fsp3) is 0.190. The number of halogens is 1. The Bertz CT molecular complexity index is 1170. The van der Waals surface area contributed by atoms with Crippen LogP contribution in [0.15, 0.2) is 41.2 Å². The molecule has 1 aromatic heterocycles. The molecule has 0 spiro atoms. The maximum atomic E-state index is 14.4. The molecule has 2 aromatic carbocycles. The number of aryl methyl sites for hydroxylation is 3. The van der Waals surface area contributed by atoms with E-state index in [-0.39, 0.29) is 22.0 Å². The summed E-state index contributed by atoms with van der Waals surface area (Å²) in [7, 11) is 0. The van der Waals surface area contributed by atoms with Crippen molar-refractivity contribution in [3.8, 4) is 5.69 Å². The van der Waals surface area contributed by atoms with E-state index in [2.05, 4.69) is 4.98 Å². The Balaban J connectivity index is 2.31. The number of hydrogen-bond acceptors (Lipinski definition) is 4. The highest BCUT2D eigenvalue weighted by atomic mass is 19.1. The van der Waals surface area contributed by atoms with Crippen LogP contribution in [0.25, 0.3) is 22.7 Å². The van der Waals surface area contributed by atoms with Gasteiger partial charge in [-0.3, -0.25) is 19.4 Å². The summed E-state index contributed by atoms with van der Waals surface area (Å²) in [5, 5.41) is 8.80. The van der Waals surface area contributed by atoms with Gasteiger partial charge in [0.25, 0.3) is 11.5 Å². The van der Waals surface area contributed by atoms with Gasteiger partial charge in [0.2, 0.25) is 0 Å². The summed E-state index contributed by atoms with van der Waals surface area (Å²) >= 11 is 0. The molecule has 2 N–H and O–H groups in total. The van der Waals surface area contributed by atoms with Gasteiger partial charge < -0.3 is 0 Å². The first kappa shape index (κ1) is 19.4. The molecule has 0 saturated heterocycles. The molecule has 0 aliphatic rings. The highest BCUT2D eigenvalue weighted by Crippen LogP contribution is 2.21. The van der Waals surface area contributed by atoms with Crippen molar-refractivity contribution in [3.63, 3.8) is 0 Å². The standard InChI is InChI=1S/C21H20FN3O3/c1-4-19-23-17-11-16(22)14(7-8-20(26)24-28)10-15(17)21(27)25(19)18-9-12(2)5-6-13(18)3/h5-11,28H,4H2,1-3H3,(H,24,26)/b8-7+. The van der Waals surface area contributed by atoms with Gasteiger partial charge >= 0.3 is 0 Å². The third kappa shape index (κ3) is 3.57. The molecule has 0 aliphatic heterocycles. The maximum absolute atomic E-state index is 14.4. The Morgan fingerprint density at radius 3 is 2.71 bits per heavy atom. The van der Waals surface area contributed by atoms with Crippen molar-refractivity contribution in [2.75, 3.05) is 0 Å². The lowest BCUT2D eigenvalue weighted by atomic mass is 10.1. The molecular weight excluding hydrogens is 361 g/mol. The molecule has 3 rings (SSSR count). The van der Waals surface area contributed by atoms with Crippen LogP contribution >= 0.6 is 0 Å². The van der Waals surface area contributed by atoms with Crippen molar-refractivity contribution in [2.45, 2.75) is 27.2 Å². The van der Waals surface area contributed by atoms with Gasteiger partial charge in [-0.15, -0.1) is 0 Å². The average Bonchev–Trinajstić information content (AvgIpc) is 2.68. The number of carbonyl (C=O) groups is 1. The fourth-order valence-electron chi connectivity index (χ4n) is 3.05. The first-order chi connectivity index (χ1) is 13.3. The van der Waals surface area contributed by atoms with Gasteiger partial charge in [-0.2, -0.15) is 0 Å². The topological polar surface area (TPSA) is 84.2 Å². The van der Waals surface area contributed by atoms with E-state index in [0.29, 0.717) is 12.2 Å². The lowest BCUT2D eigenvalue weighted by Gasteiger charge is -2.15. The van der Waals surface area contributed by atoms with Gasteiger partial charge in [-0.05, 0) is 43.2 Å². The summed E-state index contributed by atoms with van der Waals surface area (Å²) in [5.41, 5.74) is 4.09. The average molecular weight is 381 g/mol. The van der Waals surface area contributed by atoms with Crippen molar-refractivity contribution in [1.82, 2.24) is 15.0 Å². The maximum Gasteiger partial charge on any atom is 0.267 e. The normalized spacial score (nSPS) is 11.3. The molecule has 1 heterocycles. The second kappa shape index (κ2) is 7.74. The van der Waals surface area contributed by atoms with Gasteiger partial charge in [0.1, 0.15) is 11.6 Å². The van der Waals surface area contributed by atoms with Crippen molar-refractivity contribution >= 4 is 22.9 Å². The van der Waals surface area contributed by atoms with Crippen LogP contribution in [0.3, 0.4) is 0 Å².